The molecular formula is C34H44N2O8. The van der Waals surface area contributed by atoms with Crippen LogP contribution in [-0.2, 0) is 27.4 Å². The molecule has 0 aliphatic carbocycles. The third-order valence-corrected chi connectivity index (χ3v) is 7.58. The second-order valence-corrected chi connectivity index (χ2v) is 10.7. The number of anilines is 1. The second-order valence-electron chi connectivity index (χ2n) is 10.7. The molecule has 2 atom stereocenters. The Labute approximate surface area is 259 Å². The van der Waals surface area contributed by atoms with Crippen molar-refractivity contribution in [1.29, 1.82) is 0 Å². The Kier molecular flexibility index (Phi) is 13.0. The maximum Gasteiger partial charge on any atom is 0.407 e. The van der Waals surface area contributed by atoms with Crippen molar-refractivity contribution in [3.05, 3.63) is 83.4 Å². The fourth-order valence-corrected chi connectivity index (χ4v) is 5.19. The van der Waals surface area contributed by atoms with Crippen molar-refractivity contribution in [2.24, 2.45) is 0 Å². The van der Waals surface area contributed by atoms with Crippen LogP contribution in [0.4, 0.5) is 10.5 Å². The number of likely N-dealkylation sites (tertiary alicyclic amines) is 1. The fraction of sp³-hybridized carbons (Fsp3) is 0.441. The number of nitrogens with two attached hydrogens (primary N) is 1. The topological polar surface area (TPSA) is 122 Å². The van der Waals surface area contributed by atoms with E-state index in [0.29, 0.717) is 70.6 Å². The molecule has 10 nitrogen and oxygen atoms in total. The van der Waals surface area contributed by atoms with E-state index < -0.39 is 6.09 Å². The maximum absolute atomic E-state index is 11.8. The van der Waals surface area contributed by atoms with Gasteiger partial charge < -0.3 is 44.2 Å². The quantitative estimate of drug-likeness (QED) is 0.146. The van der Waals surface area contributed by atoms with Gasteiger partial charge in [0.15, 0.2) is 0 Å². The number of benzene rings is 3. The summed E-state index contributed by atoms with van der Waals surface area (Å²) in [6, 6.07) is 21.4. The van der Waals surface area contributed by atoms with Gasteiger partial charge >= 0.3 is 6.09 Å². The summed E-state index contributed by atoms with van der Waals surface area (Å²) in [5, 5.41) is 9.64. The fourth-order valence-electron chi connectivity index (χ4n) is 5.19. The molecule has 3 N–H and O–H groups in total. The molecule has 1 aliphatic heterocycles. The number of hydrogen-bond acceptors (Lipinski definition) is 8. The SMILES string of the molecule is COCCCOc1cc(COC2CN(C(=O)O)CCC2c2ccc(OCCCOCc3ccccc3OC)cc2)ccc1N. The highest BCUT2D eigenvalue weighted by atomic mass is 16.5. The first kappa shape index (κ1) is 32.9. The molecule has 3 aromatic carbocycles. The van der Waals surface area contributed by atoms with Crippen LogP contribution < -0.4 is 19.9 Å². The number of carboxylic acid groups (broad SMARTS) is 1. The summed E-state index contributed by atoms with van der Waals surface area (Å²) in [7, 11) is 3.31. The lowest BCUT2D eigenvalue weighted by Gasteiger charge is -2.37. The number of para-hydroxylation sites is 1. The minimum atomic E-state index is -0.938. The average molecular weight is 609 g/mol. The normalized spacial score (nSPS) is 16.5. The predicted molar refractivity (Wildman–Crippen MR) is 168 cm³/mol. The van der Waals surface area contributed by atoms with Crippen LogP contribution in [0.1, 0.15) is 41.9 Å². The molecule has 1 heterocycles. The number of hydrogen-bond donors (Lipinski definition) is 2. The average Bonchev–Trinajstić information content (AvgIpc) is 3.05. The number of nitrogens with zero attached hydrogens (tertiary/aromatic N) is 1. The summed E-state index contributed by atoms with van der Waals surface area (Å²) in [5.41, 5.74) is 9.67. The highest BCUT2D eigenvalue weighted by Gasteiger charge is 2.33. The van der Waals surface area contributed by atoms with E-state index in [4.69, 9.17) is 34.2 Å². The molecule has 1 fully saturated rings. The number of amides is 1. The van der Waals surface area contributed by atoms with Crippen molar-refractivity contribution in [1.82, 2.24) is 4.90 Å². The van der Waals surface area contributed by atoms with Gasteiger partial charge in [-0.15, -0.1) is 0 Å². The molecule has 10 heteroatoms. The van der Waals surface area contributed by atoms with Gasteiger partial charge in [0.25, 0.3) is 0 Å². The van der Waals surface area contributed by atoms with Crippen LogP contribution in [0.15, 0.2) is 66.7 Å². The van der Waals surface area contributed by atoms with E-state index in [1.165, 1.54) is 4.90 Å². The van der Waals surface area contributed by atoms with Crippen LogP contribution in [0, 0.1) is 0 Å². The van der Waals surface area contributed by atoms with Crippen molar-refractivity contribution in [2.75, 3.05) is 59.5 Å². The first-order valence-electron chi connectivity index (χ1n) is 15.0. The highest BCUT2D eigenvalue weighted by Crippen LogP contribution is 2.33. The van der Waals surface area contributed by atoms with Crippen molar-refractivity contribution >= 4 is 11.8 Å². The number of methoxy groups -OCH3 is 2. The molecule has 238 valence electrons. The predicted octanol–water partition coefficient (Wildman–Crippen LogP) is 5.73. The number of nitrogen functional groups attached to an aromatic ring is 1. The van der Waals surface area contributed by atoms with Gasteiger partial charge in [0.1, 0.15) is 17.2 Å². The molecule has 0 saturated carbocycles. The van der Waals surface area contributed by atoms with E-state index >= 15 is 0 Å². The minimum absolute atomic E-state index is 0.0431. The van der Waals surface area contributed by atoms with Gasteiger partial charge in [-0.1, -0.05) is 36.4 Å². The lowest BCUT2D eigenvalue weighted by molar-refractivity contribution is -0.0200. The summed E-state index contributed by atoms with van der Waals surface area (Å²) in [4.78, 5) is 13.2. The molecule has 0 spiro atoms. The van der Waals surface area contributed by atoms with Gasteiger partial charge in [-0.2, -0.15) is 0 Å². The third-order valence-electron chi connectivity index (χ3n) is 7.58. The Morgan fingerprint density at radius 2 is 1.68 bits per heavy atom. The first-order valence-corrected chi connectivity index (χ1v) is 15.0. The molecule has 0 radical (unpaired) electrons. The Hall–Kier alpha value is -3.99. The number of rotatable bonds is 17. The standard InChI is InChI=1S/C34H44N2O8/c1-39-17-5-20-43-32-21-25(9-14-30(32)35)23-44-33-22-36(34(37)38)16-15-29(33)26-10-12-28(13-11-26)42-19-6-18-41-24-27-7-3-4-8-31(27)40-2/h3-4,7-14,21,29,33H,5-6,15-20,22-24,35H2,1-2H3,(H,37,38). The summed E-state index contributed by atoms with van der Waals surface area (Å²) in [6.07, 6.45) is 0.929. The Morgan fingerprint density at radius 3 is 2.45 bits per heavy atom. The Morgan fingerprint density at radius 1 is 0.909 bits per heavy atom. The molecule has 2 unspecified atom stereocenters. The Bertz CT molecular complexity index is 1300. The van der Waals surface area contributed by atoms with E-state index in [0.717, 1.165) is 41.0 Å². The molecule has 0 aromatic heterocycles. The van der Waals surface area contributed by atoms with Crippen molar-refractivity contribution in [3.8, 4) is 17.2 Å². The molecule has 0 bridgehead atoms. The second kappa shape index (κ2) is 17.3. The van der Waals surface area contributed by atoms with Gasteiger partial charge in [-0.3, -0.25) is 0 Å². The van der Waals surface area contributed by atoms with Crippen LogP contribution in [0.3, 0.4) is 0 Å². The lowest BCUT2D eigenvalue weighted by Crippen LogP contribution is -2.46. The number of carbonyl (C=O) groups is 1. The van der Waals surface area contributed by atoms with Gasteiger partial charge in [0, 0.05) is 44.6 Å². The molecule has 1 aliphatic rings. The summed E-state index contributed by atoms with van der Waals surface area (Å²) in [6.45, 7) is 3.77. The minimum Gasteiger partial charge on any atom is -0.496 e. The summed E-state index contributed by atoms with van der Waals surface area (Å²) < 4.78 is 34.4. The van der Waals surface area contributed by atoms with Gasteiger partial charge in [0.2, 0.25) is 0 Å². The molecule has 3 aromatic rings. The van der Waals surface area contributed by atoms with Gasteiger partial charge in [-0.05, 0) is 47.9 Å². The molecule has 1 saturated heterocycles. The summed E-state index contributed by atoms with van der Waals surface area (Å²) >= 11 is 0. The smallest absolute Gasteiger partial charge is 0.407 e. The Balaban J connectivity index is 1.28. The molecule has 4 rings (SSSR count). The van der Waals surface area contributed by atoms with Crippen molar-refractivity contribution in [3.63, 3.8) is 0 Å². The van der Waals surface area contributed by atoms with Crippen molar-refractivity contribution in [2.45, 2.75) is 44.5 Å². The molecule has 44 heavy (non-hydrogen) atoms. The maximum atomic E-state index is 11.8. The van der Waals surface area contributed by atoms with E-state index in [1.54, 1.807) is 20.3 Å². The van der Waals surface area contributed by atoms with Crippen LogP contribution in [-0.4, -0.2) is 75.9 Å². The van der Waals surface area contributed by atoms with Crippen LogP contribution in [0.2, 0.25) is 0 Å². The van der Waals surface area contributed by atoms with Crippen LogP contribution in [0.5, 0.6) is 17.2 Å². The zero-order valence-corrected chi connectivity index (χ0v) is 25.6. The third kappa shape index (κ3) is 9.77. The van der Waals surface area contributed by atoms with E-state index in [1.807, 2.05) is 60.7 Å². The lowest BCUT2D eigenvalue weighted by atomic mass is 9.87. The highest BCUT2D eigenvalue weighted by molar-refractivity contribution is 5.65. The summed E-state index contributed by atoms with van der Waals surface area (Å²) in [5.74, 6) is 2.25. The van der Waals surface area contributed by atoms with E-state index in [2.05, 4.69) is 0 Å². The zero-order valence-electron chi connectivity index (χ0n) is 25.6. The molecule has 1 amide bonds. The number of ether oxygens (including phenoxy) is 6. The largest absolute Gasteiger partial charge is 0.496 e. The zero-order chi connectivity index (χ0) is 31.1. The first-order chi connectivity index (χ1) is 21.5. The van der Waals surface area contributed by atoms with Gasteiger partial charge in [0.05, 0.1) is 58.5 Å². The monoisotopic (exact) mass is 608 g/mol. The van der Waals surface area contributed by atoms with Crippen molar-refractivity contribution < 1.29 is 38.3 Å². The molecular weight excluding hydrogens is 564 g/mol. The van der Waals surface area contributed by atoms with Gasteiger partial charge in [-0.25, -0.2) is 4.79 Å². The number of piperidine rings is 1. The van der Waals surface area contributed by atoms with Crippen LogP contribution >= 0.6 is 0 Å². The van der Waals surface area contributed by atoms with Crippen LogP contribution in [0.25, 0.3) is 0 Å². The van der Waals surface area contributed by atoms with E-state index in [-0.39, 0.29) is 12.0 Å². The van der Waals surface area contributed by atoms with E-state index in [9.17, 15) is 9.90 Å².